The molecule has 0 amide bonds. The van der Waals surface area contributed by atoms with Crippen molar-refractivity contribution in [1.82, 2.24) is 19.9 Å². The van der Waals surface area contributed by atoms with Gasteiger partial charge in [-0.2, -0.15) is 0 Å². The topological polar surface area (TPSA) is 76.3 Å². The van der Waals surface area contributed by atoms with Gasteiger partial charge in [-0.3, -0.25) is 29.9 Å². The molecule has 0 atom stereocenters. The van der Waals surface area contributed by atoms with Crippen molar-refractivity contribution in [3.8, 4) is 33.9 Å². The molecule has 0 aliphatic heterocycles. The number of pyridine rings is 4. The van der Waals surface area contributed by atoms with Crippen molar-refractivity contribution in [2.24, 2.45) is 9.98 Å². The summed E-state index contributed by atoms with van der Waals surface area (Å²) in [5.74, 6) is 0. The van der Waals surface area contributed by atoms with Crippen LogP contribution in [-0.2, 0) is 47.0 Å². The Morgan fingerprint density at radius 3 is 1.13 bits per heavy atom. The molecule has 0 aliphatic rings. The summed E-state index contributed by atoms with van der Waals surface area (Å²) in [6.45, 7) is 8.49. The Morgan fingerprint density at radius 1 is 0.462 bits per heavy atom. The first-order valence-electron chi connectivity index (χ1n) is 15.5. The van der Waals surface area contributed by atoms with Crippen LogP contribution >= 0.6 is 67.9 Å². The molecule has 4 aromatic heterocycles. The molecule has 0 bridgehead atoms. The first-order chi connectivity index (χ1) is 22.4. The fraction of sp³-hybridized carbons (Fsp3) is 0.150. The minimum absolute atomic E-state index is 0. The van der Waals surface area contributed by atoms with Crippen LogP contribution in [0.1, 0.15) is 33.6 Å². The molecule has 0 saturated heterocycles. The van der Waals surface area contributed by atoms with Crippen LogP contribution in [0.2, 0.25) is 0 Å². The molecule has 0 spiro atoms. The van der Waals surface area contributed by atoms with E-state index < -0.39 is 0 Å². The molecular weight excluding hydrogens is 996 g/mol. The van der Waals surface area contributed by atoms with Gasteiger partial charge in [0.25, 0.3) is 0 Å². The van der Waals surface area contributed by atoms with Gasteiger partial charge in [-0.05, 0) is 134 Å². The molecule has 0 aliphatic carbocycles. The SMILES string of the molecule is Br.Br.Br.Br.Cc1cc(-c2cc(C)c(N=CCc3cccc(-c4ccccn4)n3)c(C)c2)cc(C)c1N=CCc1cccc(-c2ccccn2)n1.[Fe].[Fe]. The zero-order valence-corrected chi connectivity index (χ0v) is 38.0. The summed E-state index contributed by atoms with van der Waals surface area (Å²) >= 11 is 0. The number of aliphatic imine (C=N–C) groups is 2. The molecule has 0 N–H and O–H groups in total. The van der Waals surface area contributed by atoms with Crippen molar-refractivity contribution in [2.75, 3.05) is 0 Å². The maximum atomic E-state index is 4.86. The van der Waals surface area contributed by atoms with E-state index in [1.165, 1.54) is 11.1 Å². The molecule has 274 valence electrons. The van der Waals surface area contributed by atoms with Crippen LogP contribution in [0, 0.1) is 27.7 Å². The minimum Gasteiger partial charge on any atom is -0.260 e. The quantitative estimate of drug-likeness (QED) is 0.107. The number of hydrogen-bond acceptors (Lipinski definition) is 6. The maximum absolute atomic E-state index is 4.86. The van der Waals surface area contributed by atoms with E-state index >= 15 is 0 Å². The van der Waals surface area contributed by atoms with Crippen LogP contribution in [0.4, 0.5) is 11.4 Å². The maximum Gasteiger partial charge on any atom is 0.0889 e. The molecule has 2 aromatic carbocycles. The standard InChI is InChI=1S/C40H36N6.4BrH.2Fe/c1-27-23-31(24-28(2)39(27)43-21-17-33-11-9-15-37(45-33)35-13-5-7-19-41-35)32-25-29(3)40(30(4)26-32)44-22-18-34-12-10-16-38(46-34)36-14-6-8-20-42-36;;;;;;/h5-16,19-26H,17-18H2,1-4H3;4*1H;;. The van der Waals surface area contributed by atoms with E-state index in [2.05, 4.69) is 61.9 Å². The first-order valence-corrected chi connectivity index (χ1v) is 15.5. The summed E-state index contributed by atoms with van der Waals surface area (Å²) in [4.78, 5) is 28.1. The predicted molar refractivity (Wildman–Crippen MR) is 231 cm³/mol. The van der Waals surface area contributed by atoms with E-state index in [4.69, 9.17) is 20.0 Å². The van der Waals surface area contributed by atoms with E-state index in [1.54, 1.807) is 12.4 Å². The number of rotatable bonds is 9. The Hall–Kier alpha value is -2.66. The molecule has 4 heterocycles. The molecule has 6 rings (SSSR count). The predicted octanol–water partition coefficient (Wildman–Crippen LogP) is 11.7. The van der Waals surface area contributed by atoms with Crippen molar-refractivity contribution in [3.05, 3.63) is 143 Å². The molecular formula is C40H40Br4Fe2N6. The van der Waals surface area contributed by atoms with E-state index in [-0.39, 0.29) is 102 Å². The van der Waals surface area contributed by atoms with Crippen molar-refractivity contribution in [3.63, 3.8) is 0 Å². The van der Waals surface area contributed by atoms with Crippen molar-refractivity contribution >= 4 is 91.7 Å². The van der Waals surface area contributed by atoms with Gasteiger partial charge in [0.05, 0.1) is 34.2 Å². The fourth-order valence-electron chi connectivity index (χ4n) is 5.61. The van der Waals surface area contributed by atoms with E-state index in [0.29, 0.717) is 12.8 Å². The Balaban J connectivity index is 0.00000433. The molecule has 0 saturated carbocycles. The summed E-state index contributed by atoms with van der Waals surface area (Å²) in [7, 11) is 0. The average Bonchev–Trinajstić information content (AvgIpc) is 3.08. The van der Waals surface area contributed by atoms with Crippen LogP contribution in [0.25, 0.3) is 33.9 Å². The molecule has 6 aromatic rings. The van der Waals surface area contributed by atoms with Crippen molar-refractivity contribution in [2.45, 2.75) is 40.5 Å². The average molecular weight is 1040 g/mol. The molecule has 0 unspecified atom stereocenters. The Bertz CT molecular complexity index is 1870. The first kappa shape index (κ1) is 49.3. The Labute approximate surface area is 370 Å². The summed E-state index contributed by atoms with van der Waals surface area (Å²) < 4.78 is 0. The van der Waals surface area contributed by atoms with Gasteiger partial charge in [0.1, 0.15) is 0 Å². The van der Waals surface area contributed by atoms with Gasteiger partial charge in [-0.1, -0.05) is 24.3 Å². The van der Waals surface area contributed by atoms with Crippen molar-refractivity contribution < 1.29 is 34.1 Å². The number of aromatic nitrogens is 4. The van der Waals surface area contributed by atoms with Crippen LogP contribution in [-0.4, -0.2) is 32.4 Å². The van der Waals surface area contributed by atoms with Crippen LogP contribution < -0.4 is 0 Å². The van der Waals surface area contributed by atoms with Crippen LogP contribution in [0.15, 0.2) is 119 Å². The summed E-state index contributed by atoms with van der Waals surface area (Å²) in [6.07, 6.45) is 8.77. The molecule has 52 heavy (non-hydrogen) atoms. The zero-order chi connectivity index (χ0) is 31.9. The van der Waals surface area contributed by atoms with Gasteiger partial charge in [-0.25, -0.2) is 0 Å². The van der Waals surface area contributed by atoms with Crippen LogP contribution in [0.5, 0.6) is 0 Å². The number of nitrogens with zero attached hydrogens (tertiary/aromatic N) is 6. The number of benzene rings is 2. The van der Waals surface area contributed by atoms with Gasteiger partial charge < -0.3 is 0 Å². The minimum atomic E-state index is 0. The third kappa shape index (κ3) is 12.7. The monoisotopic (exact) mass is 1030 g/mol. The second-order valence-corrected chi connectivity index (χ2v) is 11.4. The molecule has 0 radical (unpaired) electrons. The normalized spacial score (nSPS) is 10.2. The summed E-state index contributed by atoms with van der Waals surface area (Å²) in [5, 5.41) is 0. The number of aryl methyl sites for hydroxylation is 4. The van der Waals surface area contributed by atoms with Gasteiger partial charge in [-0.15, -0.1) is 67.9 Å². The second-order valence-electron chi connectivity index (χ2n) is 11.4. The van der Waals surface area contributed by atoms with E-state index in [0.717, 1.165) is 67.8 Å². The number of halogens is 4. The van der Waals surface area contributed by atoms with Gasteiger partial charge in [0.2, 0.25) is 0 Å². The summed E-state index contributed by atoms with van der Waals surface area (Å²) in [6, 6.07) is 32.7. The van der Waals surface area contributed by atoms with Crippen LogP contribution in [0.3, 0.4) is 0 Å². The third-order valence-corrected chi connectivity index (χ3v) is 7.83. The molecule has 0 fully saturated rings. The fourth-order valence-corrected chi connectivity index (χ4v) is 5.61. The molecule has 12 heteroatoms. The third-order valence-electron chi connectivity index (χ3n) is 7.83. The number of hydrogen-bond donors (Lipinski definition) is 0. The van der Waals surface area contributed by atoms with E-state index in [1.807, 2.05) is 85.2 Å². The van der Waals surface area contributed by atoms with Crippen molar-refractivity contribution in [1.29, 1.82) is 0 Å². The Kier molecular flexibility index (Phi) is 22.7. The van der Waals surface area contributed by atoms with E-state index in [9.17, 15) is 0 Å². The van der Waals surface area contributed by atoms with Gasteiger partial charge in [0, 0.05) is 83.2 Å². The summed E-state index contributed by atoms with van der Waals surface area (Å²) in [5.41, 5.74) is 14.3. The molecule has 6 nitrogen and oxygen atoms in total. The van der Waals surface area contributed by atoms with Gasteiger partial charge >= 0.3 is 0 Å². The second kappa shape index (κ2) is 23.9. The Morgan fingerprint density at radius 2 is 0.808 bits per heavy atom. The zero-order valence-electron chi connectivity index (χ0n) is 29.0. The largest absolute Gasteiger partial charge is 0.260 e. The van der Waals surface area contributed by atoms with Gasteiger partial charge in [0.15, 0.2) is 0 Å². The smallest absolute Gasteiger partial charge is 0.0889 e.